The number of benzene rings is 1. The van der Waals surface area contributed by atoms with E-state index >= 15 is 0 Å². The normalized spacial score (nSPS) is 10.3. The van der Waals surface area contributed by atoms with Crippen molar-refractivity contribution >= 4 is 23.1 Å². The second-order valence-corrected chi connectivity index (χ2v) is 6.14. The van der Waals surface area contributed by atoms with Gasteiger partial charge in [0.2, 0.25) is 0 Å². The minimum absolute atomic E-state index is 0.259. The molecule has 0 fully saturated rings. The van der Waals surface area contributed by atoms with E-state index in [0.717, 1.165) is 22.4 Å². The van der Waals surface area contributed by atoms with Crippen molar-refractivity contribution in [2.75, 3.05) is 11.9 Å². The molecule has 0 saturated carbocycles. The van der Waals surface area contributed by atoms with Crippen LogP contribution >= 0.6 is 11.3 Å². The van der Waals surface area contributed by atoms with Crippen LogP contribution in [0.25, 0.3) is 11.1 Å². The van der Waals surface area contributed by atoms with Crippen LogP contribution in [0.15, 0.2) is 59.6 Å². The Balaban J connectivity index is 1.54. The molecule has 6 heteroatoms. The number of amides is 2. The number of carbonyl (C=O) groups excluding carboxylic acids is 1. The van der Waals surface area contributed by atoms with Crippen LogP contribution in [-0.2, 0) is 6.54 Å². The number of rotatable bonds is 6. The molecule has 0 aliphatic heterocycles. The smallest absolute Gasteiger partial charge is 0.319 e. The van der Waals surface area contributed by atoms with Crippen LogP contribution in [0.3, 0.4) is 0 Å². The first-order chi connectivity index (χ1) is 12.2. The number of thiophene rings is 1. The Bertz CT molecular complexity index is 817. The number of ether oxygens (including phenoxy) is 1. The fourth-order valence-corrected chi connectivity index (χ4v) is 2.99. The molecule has 1 aromatic carbocycles. The first kappa shape index (κ1) is 17.0. The summed E-state index contributed by atoms with van der Waals surface area (Å²) >= 11 is 1.65. The largest absolute Gasteiger partial charge is 0.494 e. The lowest BCUT2D eigenvalue weighted by Gasteiger charge is -2.09. The van der Waals surface area contributed by atoms with Crippen molar-refractivity contribution in [2.45, 2.75) is 13.5 Å². The lowest BCUT2D eigenvalue weighted by atomic mass is 10.1. The van der Waals surface area contributed by atoms with E-state index in [1.54, 1.807) is 17.5 Å². The topological polar surface area (TPSA) is 63.2 Å². The summed E-state index contributed by atoms with van der Waals surface area (Å²) in [6, 6.07) is 11.1. The summed E-state index contributed by atoms with van der Waals surface area (Å²) in [6.45, 7) is 2.96. The molecule has 2 heterocycles. The van der Waals surface area contributed by atoms with Gasteiger partial charge in [-0.15, -0.1) is 0 Å². The number of aromatic nitrogens is 1. The number of hydrogen-bond acceptors (Lipinski definition) is 4. The fourth-order valence-electron chi connectivity index (χ4n) is 2.33. The summed E-state index contributed by atoms with van der Waals surface area (Å²) in [6.07, 6.45) is 3.58. The van der Waals surface area contributed by atoms with Crippen LogP contribution in [0, 0.1) is 0 Å². The number of pyridine rings is 1. The maximum absolute atomic E-state index is 12.0. The van der Waals surface area contributed by atoms with E-state index in [2.05, 4.69) is 27.1 Å². The van der Waals surface area contributed by atoms with Gasteiger partial charge in [0.05, 0.1) is 6.61 Å². The SMILES string of the molecule is CCOc1ccc(NC(=O)NCc2cncc(-c3ccsc3)c2)cc1. The lowest BCUT2D eigenvalue weighted by molar-refractivity contribution is 0.251. The third-order valence-corrected chi connectivity index (χ3v) is 4.21. The van der Waals surface area contributed by atoms with Crippen LogP contribution in [0.5, 0.6) is 5.75 Å². The average molecular weight is 353 g/mol. The number of nitrogens with zero attached hydrogens (tertiary/aromatic N) is 1. The summed E-state index contributed by atoms with van der Waals surface area (Å²) < 4.78 is 5.38. The minimum Gasteiger partial charge on any atom is -0.494 e. The molecule has 0 atom stereocenters. The van der Waals surface area contributed by atoms with Crippen molar-refractivity contribution in [3.05, 3.63) is 65.1 Å². The van der Waals surface area contributed by atoms with Crippen molar-refractivity contribution in [3.8, 4) is 16.9 Å². The predicted octanol–water partition coefficient (Wildman–Crippen LogP) is 4.53. The molecule has 0 aliphatic rings. The van der Waals surface area contributed by atoms with Gasteiger partial charge >= 0.3 is 6.03 Å². The second kappa shape index (κ2) is 8.30. The Hall–Kier alpha value is -2.86. The maximum atomic E-state index is 12.0. The first-order valence-electron chi connectivity index (χ1n) is 7.99. The van der Waals surface area contributed by atoms with Gasteiger partial charge in [-0.1, -0.05) is 0 Å². The van der Waals surface area contributed by atoms with Crippen molar-refractivity contribution < 1.29 is 9.53 Å². The molecule has 3 rings (SSSR count). The summed E-state index contributed by atoms with van der Waals surface area (Å²) in [5, 5.41) is 9.75. The zero-order valence-electron chi connectivity index (χ0n) is 13.9. The van der Waals surface area contributed by atoms with Gasteiger partial charge in [-0.25, -0.2) is 4.79 Å². The number of carbonyl (C=O) groups is 1. The first-order valence-corrected chi connectivity index (χ1v) is 8.93. The summed E-state index contributed by atoms with van der Waals surface area (Å²) in [4.78, 5) is 16.3. The van der Waals surface area contributed by atoms with E-state index in [9.17, 15) is 4.79 Å². The number of nitrogens with one attached hydrogen (secondary N) is 2. The molecule has 0 unspecified atom stereocenters. The molecule has 0 bridgehead atoms. The molecule has 0 saturated heterocycles. The minimum atomic E-state index is -0.259. The van der Waals surface area contributed by atoms with E-state index in [0.29, 0.717) is 18.8 Å². The van der Waals surface area contributed by atoms with Crippen LogP contribution in [0.2, 0.25) is 0 Å². The Morgan fingerprint density at radius 1 is 1.16 bits per heavy atom. The molecule has 128 valence electrons. The monoisotopic (exact) mass is 353 g/mol. The maximum Gasteiger partial charge on any atom is 0.319 e. The van der Waals surface area contributed by atoms with Crippen molar-refractivity contribution in [2.24, 2.45) is 0 Å². The van der Waals surface area contributed by atoms with E-state index < -0.39 is 0 Å². The van der Waals surface area contributed by atoms with Gasteiger partial charge in [-0.2, -0.15) is 11.3 Å². The molecule has 2 N–H and O–H groups in total. The molecule has 0 spiro atoms. The zero-order chi connectivity index (χ0) is 17.5. The second-order valence-electron chi connectivity index (χ2n) is 5.36. The Morgan fingerprint density at radius 2 is 2.00 bits per heavy atom. The Kier molecular flexibility index (Phi) is 5.64. The summed E-state index contributed by atoms with van der Waals surface area (Å²) in [5.74, 6) is 0.782. The molecule has 5 nitrogen and oxygen atoms in total. The van der Waals surface area contributed by atoms with Gasteiger partial charge in [0.15, 0.2) is 0 Å². The molecular formula is C19H19N3O2S. The highest BCUT2D eigenvalue weighted by Crippen LogP contribution is 2.22. The van der Waals surface area contributed by atoms with E-state index in [1.165, 1.54) is 0 Å². The molecule has 0 radical (unpaired) electrons. The fraction of sp³-hybridized carbons (Fsp3) is 0.158. The molecule has 2 amide bonds. The van der Waals surface area contributed by atoms with Gasteiger partial charge in [0, 0.05) is 30.2 Å². The van der Waals surface area contributed by atoms with Crippen LogP contribution in [-0.4, -0.2) is 17.6 Å². The van der Waals surface area contributed by atoms with E-state index in [1.807, 2.05) is 48.8 Å². The van der Waals surface area contributed by atoms with Gasteiger partial charge in [0.25, 0.3) is 0 Å². The standard InChI is InChI=1S/C19H19N3O2S/c1-2-24-18-5-3-17(4-6-18)22-19(23)21-11-14-9-16(12-20-10-14)15-7-8-25-13-15/h3-10,12-13H,2,11H2,1H3,(H2,21,22,23). The van der Waals surface area contributed by atoms with Gasteiger partial charge in [-0.05, 0) is 65.2 Å². The number of urea groups is 1. The van der Waals surface area contributed by atoms with E-state index in [4.69, 9.17) is 4.74 Å². The average Bonchev–Trinajstić information content (AvgIpc) is 3.17. The lowest BCUT2D eigenvalue weighted by Crippen LogP contribution is -2.28. The number of hydrogen-bond donors (Lipinski definition) is 2. The van der Waals surface area contributed by atoms with Gasteiger partial charge in [0.1, 0.15) is 5.75 Å². The highest BCUT2D eigenvalue weighted by molar-refractivity contribution is 7.08. The molecular weight excluding hydrogens is 334 g/mol. The molecule has 3 aromatic rings. The van der Waals surface area contributed by atoms with Crippen molar-refractivity contribution in [3.63, 3.8) is 0 Å². The predicted molar refractivity (Wildman–Crippen MR) is 101 cm³/mol. The van der Waals surface area contributed by atoms with Crippen molar-refractivity contribution in [1.82, 2.24) is 10.3 Å². The zero-order valence-corrected chi connectivity index (χ0v) is 14.7. The quantitative estimate of drug-likeness (QED) is 0.684. The van der Waals surface area contributed by atoms with E-state index in [-0.39, 0.29) is 6.03 Å². The van der Waals surface area contributed by atoms with Crippen LogP contribution < -0.4 is 15.4 Å². The van der Waals surface area contributed by atoms with Gasteiger partial charge in [-0.3, -0.25) is 4.98 Å². The molecule has 2 aromatic heterocycles. The third kappa shape index (κ3) is 4.81. The Morgan fingerprint density at radius 3 is 2.72 bits per heavy atom. The van der Waals surface area contributed by atoms with Crippen molar-refractivity contribution in [1.29, 1.82) is 0 Å². The highest BCUT2D eigenvalue weighted by Gasteiger charge is 2.04. The summed E-state index contributed by atoms with van der Waals surface area (Å²) in [5.41, 5.74) is 3.85. The molecule has 25 heavy (non-hydrogen) atoms. The molecule has 0 aliphatic carbocycles. The van der Waals surface area contributed by atoms with Gasteiger partial charge < -0.3 is 15.4 Å². The van der Waals surface area contributed by atoms with Crippen LogP contribution in [0.1, 0.15) is 12.5 Å². The number of anilines is 1. The summed E-state index contributed by atoms with van der Waals surface area (Å²) in [7, 11) is 0. The third-order valence-electron chi connectivity index (χ3n) is 3.53. The Labute approximate surface area is 150 Å². The highest BCUT2D eigenvalue weighted by atomic mass is 32.1. The van der Waals surface area contributed by atoms with Crippen LogP contribution in [0.4, 0.5) is 10.5 Å².